The van der Waals surface area contributed by atoms with E-state index in [1.807, 2.05) is 104 Å². The van der Waals surface area contributed by atoms with Crippen LogP contribution in [0.15, 0.2) is 96.2 Å². The SMILES string of the molecule is Cc1cc(C)c(NC(=O)CSc2nnc(-c3ccc(Cl)cc3)n2-c2ccc(Oc3ccccc3)cc2)c(C)c1. The Morgan fingerprint density at radius 2 is 1.51 bits per heavy atom. The van der Waals surface area contributed by atoms with Crippen molar-refractivity contribution in [2.75, 3.05) is 11.1 Å². The van der Waals surface area contributed by atoms with Crippen molar-refractivity contribution in [3.8, 4) is 28.6 Å². The number of para-hydroxylation sites is 1. The molecule has 196 valence electrons. The lowest BCUT2D eigenvalue weighted by Crippen LogP contribution is -2.16. The molecule has 6 nitrogen and oxygen atoms in total. The van der Waals surface area contributed by atoms with E-state index in [0.717, 1.165) is 33.8 Å². The van der Waals surface area contributed by atoms with Crippen molar-refractivity contribution in [2.45, 2.75) is 25.9 Å². The molecule has 5 rings (SSSR count). The zero-order valence-electron chi connectivity index (χ0n) is 21.8. The van der Waals surface area contributed by atoms with E-state index in [-0.39, 0.29) is 11.7 Å². The van der Waals surface area contributed by atoms with Gasteiger partial charge in [0.1, 0.15) is 11.5 Å². The molecule has 39 heavy (non-hydrogen) atoms. The van der Waals surface area contributed by atoms with Gasteiger partial charge in [-0.1, -0.05) is 59.3 Å². The normalized spacial score (nSPS) is 10.9. The molecule has 0 saturated heterocycles. The number of hydrogen-bond acceptors (Lipinski definition) is 5. The molecule has 1 N–H and O–H groups in total. The molecular weight excluding hydrogens is 528 g/mol. The number of carbonyl (C=O) groups is 1. The largest absolute Gasteiger partial charge is 0.457 e. The molecule has 8 heteroatoms. The van der Waals surface area contributed by atoms with Crippen molar-refractivity contribution < 1.29 is 9.53 Å². The first-order chi connectivity index (χ1) is 18.9. The average molecular weight is 555 g/mol. The molecule has 1 heterocycles. The molecule has 0 aliphatic heterocycles. The van der Waals surface area contributed by atoms with Crippen LogP contribution >= 0.6 is 23.4 Å². The number of ether oxygens (including phenoxy) is 1. The molecule has 0 unspecified atom stereocenters. The molecule has 0 saturated carbocycles. The fourth-order valence-corrected chi connectivity index (χ4v) is 5.23. The first-order valence-corrected chi connectivity index (χ1v) is 13.8. The topological polar surface area (TPSA) is 69.0 Å². The number of amides is 1. The summed E-state index contributed by atoms with van der Waals surface area (Å²) in [6, 6.07) is 28.9. The Morgan fingerprint density at radius 1 is 0.872 bits per heavy atom. The van der Waals surface area contributed by atoms with Crippen LogP contribution < -0.4 is 10.1 Å². The molecule has 0 radical (unpaired) electrons. The van der Waals surface area contributed by atoms with Gasteiger partial charge in [0.05, 0.1) is 5.75 Å². The molecule has 1 aromatic heterocycles. The zero-order valence-corrected chi connectivity index (χ0v) is 23.4. The van der Waals surface area contributed by atoms with Gasteiger partial charge in [0.15, 0.2) is 11.0 Å². The summed E-state index contributed by atoms with van der Waals surface area (Å²) in [6.07, 6.45) is 0. The Balaban J connectivity index is 1.40. The molecule has 5 aromatic rings. The molecule has 0 aliphatic carbocycles. The van der Waals surface area contributed by atoms with E-state index in [1.54, 1.807) is 0 Å². The van der Waals surface area contributed by atoms with Crippen LogP contribution in [-0.2, 0) is 4.79 Å². The summed E-state index contributed by atoms with van der Waals surface area (Å²) in [5.41, 5.74) is 5.80. The number of nitrogens with one attached hydrogen (secondary N) is 1. The van der Waals surface area contributed by atoms with Gasteiger partial charge in [-0.15, -0.1) is 10.2 Å². The van der Waals surface area contributed by atoms with E-state index in [4.69, 9.17) is 16.3 Å². The standard InChI is InChI=1S/C31H27ClN4O2S/c1-20-17-21(2)29(22(3)18-20)33-28(37)19-39-31-35-34-30(23-9-11-24(32)12-10-23)36(31)25-13-15-27(16-14-25)38-26-7-5-4-6-8-26/h4-18H,19H2,1-3H3,(H,33,37). The van der Waals surface area contributed by atoms with Crippen LogP contribution in [0.4, 0.5) is 5.69 Å². The van der Waals surface area contributed by atoms with E-state index >= 15 is 0 Å². The molecule has 0 fully saturated rings. The van der Waals surface area contributed by atoms with Crippen molar-refractivity contribution >= 4 is 35.0 Å². The number of thioether (sulfide) groups is 1. The maximum absolute atomic E-state index is 12.9. The fraction of sp³-hybridized carbons (Fsp3) is 0.129. The van der Waals surface area contributed by atoms with Crippen molar-refractivity contribution in [1.29, 1.82) is 0 Å². The number of carbonyl (C=O) groups excluding carboxylic acids is 1. The minimum atomic E-state index is -0.107. The van der Waals surface area contributed by atoms with Gasteiger partial charge in [0.25, 0.3) is 0 Å². The lowest BCUT2D eigenvalue weighted by Gasteiger charge is -2.14. The predicted molar refractivity (Wildman–Crippen MR) is 158 cm³/mol. The minimum absolute atomic E-state index is 0.107. The molecule has 0 bridgehead atoms. The molecule has 0 atom stereocenters. The van der Waals surface area contributed by atoms with Crippen LogP contribution in [0.5, 0.6) is 11.5 Å². The number of nitrogens with zero attached hydrogens (tertiary/aromatic N) is 3. The lowest BCUT2D eigenvalue weighted by molar-refractivity contribution is -0.113. The van der Waals surface area contributed by atoms with Gasteiger partial charge in [-0.25, -0.2) is 0 Å². The highest BCUT2D eigenvalue weighted by Gasteiger charge is 2.18. The third kappa shape index (κ3) is 6.33. The first kappa shape index (κ1) is 26.5. The van der Waals surface area contributed by atoms with Crippen molar-refractivity contribution in [3.05, 3.63) is 113 Å². The van der Waals surface area contributed by atoms with Crippen LogP contribution in [0, 0.1) is 20.8 Å². The fourth-order valence-electron chi connectivity index (χ4n) is 4.35. The van der Waals surface area contributed by atoms with E-state index in [1.165, 1.54) is 17.3 Å². The summed E-state index contributed by atoms with van der Waals surface area (Å²) in [7, 11) is 0. The van der Waals surface area contributed by atoms with E-state index < -0.39 is 0 Å². The van der Waals surface area contributed by atoms with Crippen molar-refractivity contribution in [1.82, 2.24) is 14.8 Å². The summed E-state index contributed by atoms with van der Waals surface area (Å²) in [5.74, 6) is 2.20. The van der Waals surface area contributed by atoms with E-state index in [0.29, 0.717) is 21.8 Å². The first-order valence-electron chi connectivity index (χ1n) is 12.4. The highest BCUT2D eigenvalue weighted by molar-refractivity contribution is 7.99. The molecule has 4 aromatic carbocycles. The van der Waals surface area contributed by atoms with Crippen LogP contribution in [0.1, 0.15) is 16.7 Å². The number of aromatic nitrogens is 3. The summed E-state index contributed by atoms with van der Waals surface area (Å²) in [6.45, 7) is 6.05. The summed E-state index contributed by atoms with van der Waals surface area (Å²) in [5, 5.41) is 13.2. The summed E-state index contributed by atoms with van der Waals surface area (Å²) >= 11 is 7.45. The van der Waals surface area contributed by atoms with E-state index in [9.17, 15) is 4.79 Å². The second-order valence-electron chi connectivity index (χ2n) is 9.17. The van der Waals surface area contributed by atoms with Gasteiger partial charge in [-0.2, -0.15) is 0 Å². The Kier molecular flexibility index (Phi) is 8.00. The summed E-state index contributed by atoms with van der Waals surface area (Å²) < 4.78 is 7.90. The minimum Gasteiger partial charge on any atom is -0.457 e. The smallest absolute Gasteiger partial charge is 0.234 e. The number of anilines is 1. The van der Waals surface area contributed by atoms with Gasteiger partial charge < -0.3 is 10.1 Å². The van der Waals surface area contributed by atoms with Gasteiger partial charge in [0, 0.05) is 22.0 Å². The number of halogens is 1. The van der Waals surface area contributed by atoms with Crippen LogP contribution in [0.25, 0.3) is 17.1 Å². The van der Waals surface area contributed by atoms with Crippen LogP contribution in [-0.4, -0.2) is 26.4 Å². The number of rotatable bonds is 8. The van der Waals surface area contributed by atoms with Gasteiger partial charge >= 0.3 is 0 Å². The second-order valence-corrected chi connectivity index (χ2v) is 10.5. The lowest BCUT2D eigenvalue weighted by atomic mass is 10.1. The quantitative estimate of drug-likeness (QED) is 0.197. The number of benzene rings is 4. The molecule has 1 amide bonds. The Hall–Kier alpha value is -4.07. The maximum atomic E-state index is 12.9. The van der Waals surface area contributed by atoms with E-state index in [2.05, 4.69) is 27.6 Å². The number of aryl methyl sites for hydroxylation is 3. The third-order valence-corrected chi connectivity index (χ3v) is 7.26. The van der Waals surface area contributed by atoms with Crippen LogP contribution in [0.2, 0.25) is 5.02 Å². The predicted octanol–water partition coefficient (Wildman–Crippen LogP) is 8.04. The Bertz CT molecular complexity index is 1580. The maximum Gasteiger partial charge on any atom is 0.234 e. The zero-order chi connectivity index (χ0) is 27.4. The highest BCUT2D eigenvalue weighted by atomic mass is 35.5. The average Bonchev–Trinajstić information content (AvgIpc) is 3.35. The third-order valence-electron chi connectivity index (χ3n) is 6.08. The second kappa shape index (κ2) is 11.8. The Morgan fingerprint density at radius 3 is 2.18 bits per heavy atom. The highest BCUT2D eigenvalue weighted by Crippen LogP contribution is 2.31. The molecule has 0 spiro atoms. The molecule has 0 aliphatic rings. The van der Waals surface area contributed by atoms with Crippen molar-refractivity contribution in [3.63, 3.8) is 0 Å². The van der Waals surface area contributed by atoms with Gasteiger partial charge in [-0.05, 0) is 92.6 Å². The van der Waals surface area contributed by atoms with Crippen LogP contribution in [0.3, 0.4) is 0 Å². The monoisotopic (exact) mass is 554 g/mol. The Labute approximate surface area is 237 Å². The van der Waals surface area contributed by atoms with Gasteiger partial charge in [0.2, 0.25) is 5.91 Å². The summed E-state index contributed by atoms with van der Waals surface area (Å²) in [4.78, 5) is 12.9. The van der Waals surface area contributed by atoms with Crippen molar-refractivity contribution in [2.24, 2.45) is 0 Å². The molecular formula is C31H27ClN4O2S. The van der Waals surface area contributed by atoms with Gasteiger partial charge in [-0.3, -0.25) is 9.36 Å². The number of hydrogen-bond donors (Lipinski definition) is 1.